The van der Waals surface area contributed by atoms with Gasteiger partial charge < -0.3 is 14.0 Å². The predicted molar refractivity (Wildman–Crippen MR) is 107 cm³/mol. The molecule has 1 N–H and O–H groups in total. The van der Waals surface area contributed by atoms with E-state index < -0.39 is 46.6 Å². The Kier molecular flexibility index (Phi) is 3.46. The van der Waals surface area contributed by atoms with Crippen LogP contribution in [0.25, 0.3) is 0 Å². The molecule has 0 aliphatic carbocycles. The minimum atomic E-state index is -4.62. The zero-order chi connectivity index (χ0) is 25.9. The van der Waals surface area contributed by atoms with Crippen LogP contribution in [0.5, 0.6) is 11.5 Å². The van der Waals surface area contributed by atoms with Crippen LogP contribution in [-0.4, -0.2) is 26.1 Å². The number of anilines is 1. The highest BCUT2D eigenvalue weighted by Gasteiger charge is 2.27. The quantitative estimate of drug-likeness (QED) is 0.554. The van der Waals surface area contributed by atoms with Crippen LogP contribution in [0.2, 0.25) is 6.43 Å². The van der Waals surface area contributed by atoms with E-state index in [0.29, 0.717) is 0 Å². The molecule has 152 valence electrons. The molecule has 0 radical (unpaired) electrons. The first-order valence-electron chi connectivity index (χ1n) is 10.9. The summed E-state index contributed by atoms with van der Waals surface area (Å²) in [4.78, 5) is 12.4. The molecule has 1 aliphatic heterocycles. The maximum atomic E-state index is 13.2. The SMILES string of the molecule is [2H]N(c1onc(C)c1Cl)S(=O)(=O)c1ccsc1C(=O)Cc1cc2c(cc1C([2H])([2H])[2H])OC([2H])([2H])O2. The van der Waals surface area contributed by atoms with E-state index in [1.54, 1.807) is 0 Å². The third-order valence-electron chi connectivity index (χ3n) is 3.96. The van der Waals surface area contributed by atoms with Crippen molar-refractivity contribution in [2.45, 2.75) is 25.1 Å². The van der Waals surface area contributed by atoms with Crippen molar-refractivity contribution in [1.82, 2.24) is 5.16 Å². The summed E-state index contributed by atoms with van der Waals surface area (Å²) in [7, 11) is -4.62. The van der Waals surface area contributed by atoms with E-state index in [4.69, 9.17) is 33.9 Å². The summed E-state index contributed by atoms with van der Waals surface area (Å²) in [5.41, 5.74) is -0.138. The Labute approximate surface area is 183 Å². The lowest BCUT2D eigenvalue weighted by Crippen LogP contribution is -2.16. The second-order valence-electron chi connectivity index (χ2n) is 5.91. The number of hydrogen-bond donors (Lipinski definition) is 1. The van der Waals surface area contributed by atoms with Gasteiger partial charge in [0.1, 0.15) is 18.4 Å². The lowest BCUT2D eigenvalue weighted by Gasteiger charge is -2.09. The van der Waals surface area contributed by atoms with Crippen molar-refractivity contribution in [3.8, 4) is 11.5 Å². The van der Waals surface area contributed by atoms with Gasteiger partial charge in [0, 0.05) is 10.5 Å². The Hall–Kier alpha value is -2.56. The number of aryl methyl sites for hydroxylation is 2. The molecule has 0 spiro atoms. The van der Waals surface area contributed by atoms with Gasteiger partial charge in [-0.3, -0.25) is 4.79 Å². The summed E-state index contributed by atoms with van der Waals surface area (Å²) in [6, 6.07) is 3.38. The van der Waals surface area contributed by atoms with Gasteiger partial charge in [-0.1, -0.05) is 16.8 Å². The number of carbonyl (C=O) groups excluding carboxylic acids is 1. The first-order valence-corrected chi connectivity index (χ1v) is 10.6. The number of rotatable bonds is 6. The molecule has 0 saturated heterocycles. The zero-order valence-electron chi connectivity index (χ0n) is 20.6. The summed E-state index contributed by atoms with van der Waals surface area (Å²) in [5, 5.41) is 4.66. The van der Waals surface area contributed by atoms with Gasteiger partial charge in [0.25, 0.3) is 15.9 Å². The molecular formula is C18H15ClN2O6S2. The fourth-order valence-electron chi connectivity index (χ4n) is 2.54. The highest BCUT2D eigenvalue weighted by atomic mass is 35.5. The van der Waals surface area contributed by atoms with Crippen molar-refractivity contribution in [3.05, 3.63) is 50.3 Å². The van der Waals surface area contributed by atoms with Crippen LogP contribution in [0.4, 0.5) is 5.88 Å². The molecule has 0 amide bonds. The van der Waals surface area contributed by atoms with Gasteiger partial charge in [0.15, 0.2) is 18.7 Å². The van der Waals surface area contributed by atoms with Crippen LogP contribution >= 0.6 is 22.9 Å². The number of sulfonamides is 1. The monoisotopic (exact) mass is 460 g/mol. The molecule has 0 saturated carbocycles. The van der Waals surface area contributed by atoms with Gasteiger partial charge in [-0.05, 0) is 48.5 Å². The highest BCUT2D eigenvalue weighted by molar-refractivity contribution is 7.93. The number of ether oxygens (including phenoxy) is 2. The Morgan fingerprint density at radius 3 is 2.90 bits per heavy atom. The second-order valence-corrected chi connectivity index (χ2v) is 8.78. The smallest absolute Gasteiger partial charge is 0.265 e. The summed E-state index contributed by atoms with van der Waals surface area (Å²) >= 11 is 6.75. The molecule has 4 rings (SSSR count). The molecule has 0 unspecified atom stereocenters. The number of ketones is 1. The number of nitrogens with one attached hydrogen (secondary N) is 1. The van der Waals surface area contributed by atoms with Crippen LogP contribution < -0.4 is 14.2 Å². The Balaban J connectivity index is 1.70. The number of carbonyl (C=O) groups is 1. The van der Waals surface area contributed by atoms with Crippen molar-refractivity contribution in [1.29, 1.82) is 0 Å². The second kappa shape index (κ2) is 7.36. The van der Waals surface area contributed by atoms with Gasteiger partial charge in [0.05, 0.1) is 4.88 Å². The minimum Gasteiger partial charge on any atom is -0.454 e. The van der Waals surface area contributed by atoms with Crippen LogP contribution in [0.15, 0.2) is 33.0 Å². The van der Waals surface area contributed by atoms with Crippen molar-refractivity contribution in [2.75, 3.05) is 11.5 Å². The maximum Gasteiger partial charge on any atom is 0.265 e. The third kappa shape index (κ3) is 3.70. The Morgan fingerprint density at radius 1 is 1.45 bits per heavy atom. The van der Waals surface area contributed by atoms with Gasteiger partial charge in [0.2, 0.25) is 6.75 Å². The van der Waals surface area contributed by atoms with Crippen LogP contribution in [0.3, 0.4) is 0 Å². The molecule has 0 atom stereocenters. The minimum absolute atomic E-state index is 0.0185. The molecular weight excluding hydrogens is 440 g/mol. The molecule has 1 aliphatic rings. The molecule has 8 nitrogen and oxygen atoms in total. The summed E-state index contributed by atoms with van der Waals surface area (Å²) in [6.07, 6.45) is -0.545. The van der Waals surface area contributed by atoms with E-state index in [2.05, 4.69) is 5.16 Å². The fourth-order valence-corrected chi connectivity index (χ4v) is 5.00. The first kappa shape index (κ1) is 13.6. The third-order valence-corrected chi connectivity index (χ3v) is 6.78. The standard InChI is InChI=1S/C18H15ClN2O6S2/c1-9-5-13-14(26-8-25-13)7-11(9)6-12(22)17-15(3-4-28-17)29(23,24)21-18-16(19)10(2)20-27-18/h3-5,7,21H,6,8H2,1-2H3/i1D3,8D2/hD. The van der Waals surface area contributed by atoms with Crippen molar-refractivity contribution >= 4 is 44.6 Å². The van der Waals surface area contributed by atoms with E-state index in [1.165, 1.54) is 18.4 Å². The number of hydrogen-bond acceptors (Lipinski definition) is 8. The molecule has 2 aromatic heterocycles. The van der Waals surface area contributed by atoms with Crippen LogP contribution in [0.1, 0.15) is 33.3 Å². The zero-order valence-corrected chi connectivity index (χ0v) is 16.9. The largest absolute Gasteiger partial charge is 0.454 e. The fraction of sp³-hybridized carbons (Fsp3) is 0.222. The molecule has 0 fully saturated rings. The van der Waals surface area contributed by atoms with Gasteiger partial charge >= 0.3 is 0 Å². The van der Waals surface area contributed by atoms with E-state index in [9.17, 15) is 13.2 Å². The lowest BCUT2D eigenvalue weighted by atomic mass is 10.0. The number of nitrogens with zero attached hydrogens (tertiary/aromatic N) is 1. The van der Waals surface area contributed by atoms with E-state index >= 15 is 0 Å². The van der Waals surface area contributed by atoms with Gasteiger partial charge in [-0.2, -0.15) is 0 Å². The number of Topliss-reactive ketones (excluding diaryl/α,β-unsaturated/α-hetero) is 1. The summed E-state index contributed by atoms with van der Waals surface area (Å²) in [6.45, 7) is -3.74. The van der Waals surface area contributed by atoms with Crippen molar-refractivity contribution < 1.29 is 35.5 Å². The molecule has 3 heterocycles. The lowest BCUT2D eigenvalue weighted by molar-refractivity contribution is 0.0994. The average Bonchev–Trinajstić information content (AvgIpc) is 3.43. The summed E-state index contributed by atoms with van der Waals surface area (Å²) in [5.74, 6) is -1.54. The summed E-state index contributed by atoms with van der Waals surface area (Å²) < 4.78 is 87.4. The highest BCUT2D eigenvalue weighted by Crippen LogP contribution is 2.36. The molecule has 0 bridgehead atoms. The normalized spacial score (nSPS) is 18.1. The molecule has 29 heavy (non-hydrogen) atoms. The maximum absolute atomic E-state index is 13.2. The first-order chi connectivity index (χ1) is 16.1. The number of aromatic nitrogens is 1. The molecule has 11 heteroatoms. The van der Waals surface area contributed by atoms with E-state index in [-0.39, 0.29) is 42.9 Å². The molecule has 3 aromatic rings. The predicted octanol–water partition coefficient (Wildman–Crippen LogP) is 3.96. The number of thiophene rings is 1. The van der Waals surface area contributed by atoms with E-state index in [0.717, 1.165) is 23.5 Å². The topological polar surface area (TPSA) is 108 Å². The number of halogens is 1. The van der Waals surface area contributed by atoms with Crippen LogP contribution in [-0.2, 0) is 16.4 Å². The van der Waals surface area contributed by atoms with Gasteiger partial charge in [-0.25, -0.2) is 13.1 Å². The van der Waals surface area contributed by atoms with E-state index in [1.807, 2.05) is 0 Å². The Morgan fingerprint density at radius 2 is 2.21 bits per heavy atom. The van der Waals surface area contributed by atoms with Crippen molar-refractivity contribution in [3.63, 3.8) is 0 Å². The number of fused-ring (bicyclic) bond motifs is 1. The average molecular weight is 461 g/mol. The number of benzene rings is 1. The van der Waals surface area contributed by atoms with Gasteiger partial charge in [-0.15, -0.1) is 11.3 Å². The van der Waals surface area contributed by atoms with Crippen LogP contribution in [0, 0.1) is 13.8 Å². The molecule has 1 aromatic carbocycles. The Bertz CT molecular complexity index is 1440. The van der Waals surface area contributed by atoms with Crippen molar-refractivity contribution in [2.24, 2.45) is 0 Å².